The van der Waals surface area contributed by atoms with Crippen molar-refractivity contribution in [1.82, 2.24) is 5.32 Å². The van der Waals surface area contributed by atoms with Crippen LogP contribution in [0.15, 0.2) is 18.2 Å². The Morgan fingerprint density at radius 3 is 2.79 bits per heavy atom. The zero-order valence-corrected chi connectivity index (χ0v) is 10.4. The van der Waals surface area contributed by atoms with Crippen molar-refractivity contribution >= 4 is 11.9 Å². The highest BCUT2D eigenvalue weighted by Gasteiger charge is 2.10. The number of nitriles is 1. The van der Waals surface area contributed by atoms with Gasteiger partial charge in [0.25, 0.3) is 5.91 Å². The Kier molecular flexibility index (Phi) is 5.48. The first-order valence-corrected chi connectivity index (χ1v) is 5.56. The summed E-state index contributed by atoms with van der Waals surface area (Å²) in [5.74, 6) is -0.854. The first-order chi connectivity index (χ1) is 9.12. The van der Waals surface area contributed by atoms with Gasteiger partial charge in [-0.25, -0.2) is 4.39 Å². The van der Waals surface area contributed by atoms with Gasteiger partial charge in [-0.1, -0.05) is 0 Å². The number of hydrogen-bond acceptors (Lipinski definition) is 4. The monoisotopic (exact) mass is 264 g/mol. The lowest BCUT2D eigenvalue weighted by Crippen LogP contribution is -2.26. The topological polar surface area (TPSA) is 79.2 Å². The van der Waals surface area contributed by atoms with Crippen LogP contribution in [0.4, 0.5) is 4.39 Å². The van der Waals surface area contributed by atoms with E-state index in [4.69, 9.17) is 5.26 Å². The third kappa shape index (κ3) is 4.07. The summed E-state index contributed by atoms with van der Waals surface area (Å²) in [4.78, 5) is 22.6. The van der Waals surface area contributed by atoms with Crippen LogP contribution in [-0.4, -0.2) is 25.5 Å². The highest BCUT2D eigenvalue weighted by atomic mass is 19.1. The molecule has 0 spiro atoms. The van der Waals surface area contributed by atoms with E-state index in [0.717, 1.165) is 0 Å². The Labute approximate surface area is 110 Å². The van der Waals surface area contributed by atoms with E-state index in [2.05, 4.69) is 10.1 Å². The minimum Gasteiger partial charge on any atom is -0.469 e. The molecule has 1 N–H and O–H groups in total. The molecule has 0 fully saturated rings. The van der Waals surface area contributed by atoms with Gasteiger partial charge in [0.2, 0.25) is 0 Å². The zero-order valence-electron chi connectivity index (χ0n) is 10.4. The quantitative estimate of drug-likeness (QED) is 0.813. The third-order valence-corrected chi connectivity index (χ3v) is 2.47. The minimum atomic E-state index is -0.813. The fourth-order valence-electron chi connectivity index (χ4n) is 1.44. The Morgan fingerprint density at radius 1 is 1.47 bits per heavy atom. The average Bonchev–Trinajstić information content (AvgIpc) is 2.45. The predicted octanol–water partition coefficient (Wildman–Crippen LogP) is 1.32. The van der Waals surface area contributed by atoms with Crippen molar-refractivity contribution in [3.63, 3.8) is 0 Å². The highest BCUT2D eigenvalue weighted by Crippen LogP contribution is 2.12. The summed E-state index contributed by atoms with van der Waals surface area (Å²) in [6.45, 7) is -0.678. The fourth-order valence-corrected chi connectivity index (χ4v) is 1.44. The van der Waals surface area contributed by atoms with Gasteiger partial charge in [0.1, 0.15) is 6.67 Å². The molecule has 0 saturated carbocycles. The normalized spacial score (nSPS) is 9.53. The lowest BCUT2D eigenvalue weighted by atomic mass is 10.1. The van der Waals surface area contributed by atoms with Gasteiger partial charge >= 0.3 is 5.97 Å². The Morgan fingerprint density at radius 2 is 2.21 bits per heavy atom. The summed E-state index contributed by atoms with van der Waals surface area (Å²) in [5.41, 5.74) is 0.619. The number of nitrogens with one attached hydrogen (secondary N) is 1. The van der Waals surface area contributed by atoms with Crippen LogP contribution >= 0.6 is 0 Å². The second-order valence-electron chi connectivity index (χ2n) is 3.70. The zero-order chi connectivity index (χ0) is 14.3. The van der Waals surface area contributed by atoms with Crippen molar-refractivity contribution in [3.05, 3.63) is 34.9 Å². The highest BCUT2D eigenvalue weighted by molar-refractivity contribution is 5.94. The number of nitrogens with zero attached hydrogens (tertiary/aromatic N) is 1. The molecule has 0 bridgehead atoms. The van der Waals surface area contributed by atoms with Gasteiger partial charge in [-0.15, -0.1) is 0 Å². The second kappa shape index (κ2) is 7.11. The number of alkyl halides is 1. The van der Waals surface area contributed by atoms with Crippen molar-refractivity contribution < 1.29 is 18.7 Å². The maximum absolute atomic E-state index is 12.7. The van der Waals surface area contributed by atoms with E-state index in [-0.39, 0.29) is 29.7 Å². The van der Waals surface area contributed by atoms with E-state index >= 15 is 0 Å². The van der Waals surface area contributed by atoms with Gasteiger partial charge < -0.3 is 10.1 Å². The average molecular weight is 264 g/mol. The molecule has 100 valence electrons. The summed E-state index contributed by atoms with van der Waals surface area (Å²) in [7, 11) is 1.26. The molecule has 0 aliphatic rings. The van der Waals surface area contributed by atoms with Gasteiger partial charge in [-0.05, 0) is 18.2 Å². The Balaban J connectivity index is 2.68. The van der Waals surface area contributed by atoms with Crippen LogP contribution in [0.2, 0.25) is 0 Å². The molecule has 0 aliphatic heterocycles. The molecule has 0 radical (unpaired) electrons. The van der Waals surface area contributed by atoms with E-state index in [0.29, 0.717) is 0 Å². The first kappa shape index (κ1) is 14.6. The molecule has 1 aromatic rings. The fraction of sp³-hybridized carbons (Fsp3) is 0.308. The van der Waals surface area contributed by atoms with E-state index < -0.39 is 18.6 Å². The van der Waals surface area contributed by atoms with E-state index in [1.165, 1.54) is 25.3 Å². The van der Waals surface area contributed by atoms with Crippen LogP contribution in [0.25, 0.3) is 0 Å². The lowest BCUT2D eigenvalue weighted by Gasteiger charge is -2.06. The van der Waals surface area contributed by atoms with E-state index in [9.17, 15) is 14.0 Å². The van der Waals surface area contributed by atoms with Crippen molar-refractivity contribution in [3.8, 4) is 6.07 Å². The van der Waals surface area contributed by atoms with Crippen LogP contribution in [0.1, 0.15) is 27.9 Å². The first-order valence-electron chi connectivity index (χ1n) is 5.56. The van der Waals surface area contributed by atoms with Crippen molar-refractivity contribution in [2.24, 2.45) is 0 Å². The minimum absolute atomic E-state index is 0.0640. The number of benzene rings is 1. The Hall–Kier alpha value is -2.42. The van der Waals surface area contributed by atoms with Gasteiger partial charge in [0.15, 0.2) is 0 Å². The summed E-state index contributed by atoms with van der Waals surface area (Å²) >= 11 is 0. The molecule has 0 saturated heterocycles. The van der Waals surface area contributed by atoms with Crippen molar-refractivity contribution in [2.45, 2.75) is 13.1 Å². The lowest BCUT2D eigenvalue weighted by molar-refractivity contribution is -0.140. The largest absolute Gasteiger partial charge is 0.469 e. The van der Waals surface area contributed by atoms with Gasteiger partial charge in [0.05, 0.1) is 25.2 Å². The molecule has 0 aliphatic carbocycles. The van der Waals surface area contributed by atoms with Gasteiger partial charge in [-0.3, -0.25) is 9.59 Å². The molecular formula is C13H13FN2O3. The molecule has 1 amide bonds. The molecular weight excluding hydrogens is 251 g/mol. The predicted molar refractivity (Wildman–Crippen MR) is 64.9 cm³/mol. The number of halogens is 1. The van der Waals surface area contributed by atoms with Gasteiger partial charge in [-0.2, -0.15) is 5.26 Å². The smallest absolute Gasteiger partial charge is 0.307 e. The summed E-state index contributed by atoms with van der Waals surface area (Å²) in [5, 5.41) is 11.2. The number of carbonyl (C=O) groups is 2. The number of methoxy groups -OCH3 is 1. The number of esters is 1. The molecule has 1 rings (SSSR count). The maximum Gasteiger partial charge on any atom is 0.307 e. The standard InChI is InChI=1S/C13H13FN2O3/c1-19-12(17)4-5-16-13(18)9-2-3-10(8-15)11(6-9)7-14/h2-3,6H,4-5,7H2,1H3,(H,16,18). The summed E-state index contributed by atoms with van der Waals surface area (Å²) < 4.78 is 17.1. The number of carbonyl (C=O) groups excluding carboxylic acids is 2. The van der Waals surface area contributed by atoms with Crippen molar-refractivity contribution in [2.75, 3.05) is 13.7 Å². The van der Waals surface area contributed by atoms with E-state index in [1.807, 2.05) is 6.07 Å². The molecule has 0 aromatic heterocycles. The van der Waals surface area contributed by atoms with Crippen molar-refractivity contribution in [1.29, 1.82) is 5.26 Å². The molecule has 1 aromatic carbocycles. The Bertz CT molecular complexity index is 523. The summed E-state index contributed by atoms with van der Waals surface area (Å²) in [6, 6.07) is 6.00. The molecule has 5 nitrogen and oxygen atoms in total. The van der Waals surface area contributed by atoms with Gasteiger partial charge in [0, 0.05) is 17.7 Å². The third-order valence-electron chi connectivity index (χ3n) is 2.47. The molecule has 0 atom stereocenters. The SMILES string of the molecule is COC(=O)CCNC(=O)c1ccc(C#N)c(CF)c1. The number of rotatable bonds is 5. The maximum atomic E-state index is 12.7. The van der Waals surface area contributed by atoms with Crippen LogP contribution in [0, 0.1) is 11.3 Å². The number of ether oxygens (including phenoxy) is 1. The molecule has 0 unspecified atom stereocenters. The van der Waals surface area contributed by atoms with Crippen LogP contribution in [0.3, 0.4) is 0 Å². The molecule has 6 heteroatoms. The summed E-state index contributed by atoms with van der Waals surface area (Å²) in [6.07, 6.45) is 0.0640. The van der Waals surface area contributed by atoms with E-state index in [1.54, 1.807) is 0 Å². The van der Waals surface area contributed by atoms with Crippen LogP contribution < -0.4 is 5.32 Å². The molecule has 19 heavy (non-hydrogen) atoms. The van der Waals surface area contributed by atoms with Crippen LogP contribution in [-0.2, 0) is 16.2 Å². The molecule has 0 heterocycles. The van der Waals surface area contributed by atoms with Crippen LogP contribution in [0.5, 0.6) is 0 Å². The second-order valence-corrected chi connectivity index (χ2v) is 3.70. The number of amides is 1. The number of hydrogen-bond donors (Lipinski definition) is 1.